The summed E-state index contributed by atoms with van der Waals surface area (Å²) in [6.45, 7) is 5.63. The Hall–Kier alpha value is -1.06. The van der Waals surface area contributed by atoms with Gasteiger partial charge in [-0.1, -0.05) is 31.4 Å². The molecule has 3 nitrogen and oxygen atoms in total. The zero-order chi connectivity index (χ0) is 15.2. The van der Waals surface area contributed by atoms with Crippen LogP contribution in [0.4, 0.5) is 0 Å². The highest BCUT2D eigenvalue weighted by Gasteiger charge is 2.18. The van der Waals surface area contributed by atoms with Crippen LogP contribution in [-0.2, 0) is 13.1 Å². The van der Waals surface area contributed by atoms with Gasteiger partial charge >= 0.3 is 0 Å². The summed E-state index contributed by atoms with van der Waals surface area (Å²) in [5.74, 6) is 0.946. The van der Waals surface area contributed by atoms with E-state index in [1.54, 1.807) is 0 Å². The van der Waals surface area contributed by atoms with Gasteiger partial charge in [-0.15, -0.1) is 0 Å². The molecule has 2 rings (SSSR count). The van der Waals surface area contributed by atoms with Gasteiger partial charge in [0.1, 0.15) is 5.75 Å². The monoisotopic (exact) mass is 290 g/mol. The van der Waals surface area contributed by atoms with E-state index < -0.39 is 0 Å². The van der Waals surface area contributed by atoms with Gasteiger partial charge in [-0.2, -0.15) is 0 Å². The van der Waals surface area contributed by atoms with Gasteiger partial charge in [-0.25, -0.2) is 0 Å². The summed E-state index contributed by atoms with van der Waals surface area (Å²) in [6, 6.07) is 7.21. The van der Waals surface area contributed by atoms with Gasteiger partial charge in [0, 0.05) is 24.7 Å². The van der Waals surface area contributed by atoms with Crippen LogP contribution in [0.1, 0.15) is 57.1 Å². The average molecular weight is 290 g/mol. The van der Waals surface area contributed by atoms with E-state index in [1.807, 2.05) is 0 Å². The first-order valence-corrected chi connectivity index (χ1v) is 8.29. The fraction of sp³-hybridized carbons (Fsp3) is 0.667. The van der Waals surface area contributed by atoms with Gasteiger partial charge in [0.2, 0.25) is 0 Å². The number of nitrogens with zero attached hydrogens (tertiary/aromatic N) is 1. The van der Waals surface area contributed by atoms with Gasteiger partial charge < -0.3 is 10.5 Å². The third-order valence-corrected chi connectivity index (χ3v) is 4.34. The maximum Gasteiger partial charge on any atom is 0.124 e. The first-order valence-electron chi connectivity index (χ1n) is 8.29. The minimum atomic E-state index is 0.182. The Morgan fingerprint density at radius 3 is 2.57 bits per heavy atom. The van der Waals surface area contributed by atoms with E-state index in [4.69, 9.17) is 10.5 Å². The Morgan fingerprint density at radius 2 is 1.95 bits per heavy atom. The number of hydrogen-bond acceptors (Lipinski definition) is 3. The van der Waals surface area contributed by atoms with E-state index in [9.17, 15) is 0 Å². The number of nitrogens with two attached hydrogens (primary N) is 1. The smallest absolute Gasteiger partial charge is 0.124 e. The van der Waals surface area contributed by atoms with Crippen LogP contribution in [0.3, 0.4) is 0 Å². The minimum Gasteiger partial charge on any atom is -0.491 e. The van der Waals surface area contributed by atoms with Crippen molar-refractivity contribution in [2.45, 2.75) is 71.2 Å². The fourth-order valence-electron chi connectivity index (χ4n) is 3.17. The maximum atomic E-state index is 5.91. The van der Waals surface area contributed by atoms with E-state index in [0.29, 0.717) is 6.54 Å². The number of benzene rings is 1. The van der Waals surface area contributed by atoms with Crippen LogP contribution in [0.25, 0.3) is 0 Å². The quantitative estimate of drug-likeness (QED) is 0.868. The predicted octanol–water partition coefficient (Wildman–Crippen LogP) is 3.70. The van der Waals surface area contributed by atoms with Crippen molar-refractivity contribution >= 4 is 0 Å². The summed E-state index contributed by atoms with van der Waals surface area (Å²) < 4.78 is 5.91. The molecule has 0 heterocycles. The molecular formula is C18H30N2O. The van der Waals surface area contributed by atoms with Gasteiger partial charge in [0.15, 0.2) is 0 Å². The molecule has 0 atom stereocenters. The van der Waals surface area contributed by atoms with Gasteiger partial charge in [0.25, 0.3) is 0 Å². The lowest BCUT2D eigenvalue weighted by atomic mass is 9.94. The molecule has 1 saturated carbocycles. The molecule has 1 aliphatic rings. The van der Waals surface area contributed by atoms with Gasteiger partial charge in [-0.05, 0) is 45.4 Å². The molecule has 0 unspecified atom stereocenters. The molecule has 1 aliphatic carbocycles. The van der Waals surface area contributed by atoms with Crippen LogP contribution in [0, 0.1) is 0 Å². The summed E-state index contributed by atoms with van der Waals surface area (Å²) in [4.78, 5) is 2.50. The lowest BCUT2D eigenvalue weighted by molar-refractivity contribution is 0.184. The van der Waals surface area contributed by atoms with E-state index in [0.717, 1.165) is 23.9 Å². The van der Waals surface area contributed by atoms with Crippen LogP contribution in [0.15, 0.2) is 18.2 Å². The number of rotatable bonds is 6. The molecule has 0 spiro atoms. The second-order valence-electron chi connectivity index (χ2n) is 6.52. The lowest BCUT2D eigenvalue weighted by Crippen LogP contribution is -2.32. The van der Waals surface area contributed by atoms with Crippen LogP contribution >= 0.6 is 0 Å². The Morgan fingerprint density at radius 1 is 1.24 bits per heavy atom. The van der Waals surface area contributed by atoms with Crippen molar-refractivity contribution < 1.29 is 4.74 Å². The Balaban J connectivity index is 2.05. The molecular weight excluding hydrogens is 260 g/mol. The maximum absolute atomic E-state index is 5.91. The van der Waals surface area contributed by atoms with E-state index in [1.165, 1.54) is 37.7 Å². The second kappa shape index (κ2) is 7.81. The largest absolute Gasteiger partial charge is 0.491 e. The van der Waals surface area contributed by atoms with E-state index in [2.05, 4.69) is 44.0 Å². The van der Waals surface area contributed by atoms with Gasteiger partial charge in [0.05, 0.1) is 6.10 Å². The molecule has 0 amide bonds. The molecule has 1 fully saturated rings. The highest BCUT2D eigenvalue weighted by atomic mass is 16.5. The average Bonchev–Trinajstić information content (AvgIpc) is 2.48. The highest BCUT2D eigenvalue weighted by Crippen LogP contribution is 2.25. The van der Waals surface area contributed by atoms with Crippen molar-refractivity contribution in [3.05, 3.63) is 29.3 Å². The van der Waals surface area contributed by atoms with Crippen LogP contribution < -0.4 is 10.5 Å². The molecule has 21 heavy (non-hydrogen) atoms. The van der Waals surface area contributed by atoms with Crippen LogP contribution in [-0.4, -0.2) is 24.1 Å². The summed E-state index contributed by atoms with van der Waals surface area (Å²) in [5, 5.41) is 0. The predicted molar refractivity (Wildman–Crippen MR) is 88.4 cm³/mol. The minimum absolute atomic E-state index is 0.182. The Bertz CT molecular complexity index is 439. The lowest BCUT2D eigenvalue weighted by Gasteiger charge is -2.31. The fourth-order valence-corrected chi connectivity index (χ4v) is 3.17. The molecule has 2 N–H and O–H groups in total. The second-order valence-corrected chi connectivity index (χ2v) is 6.52. The molecule has 0 saturated heterocycles. The van der Waals surface area contributed by atoms with E-state index >= 15 is 0 Å². The summed E-state index contributed by atoms with van der Waals surface area (Å²) >= 11 is 0. The molecule has 1 aromatic carbocycles. The third-order valence-electron chi connectivity index (χ3n) is 4.34. The van der Waals surface area contributed by atoms with Gasteiger partial charge in [-0.3, -0.25) is 4.90 Å². The highest BCUT2D eigenvalue weighted by molar-refractivity contribution is 5.37. The van der Waals surface area contributed by atoms with Crippen molar-refractivity contribution in [1.82, 2.24) is 4.90 Å². The topological polar surface area (TPSA) is 38.5 Å². The van der Waals surface area contributed by atoms with Crippen molar-refractivity contribution in [3.63, 3.8) is 0 Å². The molecule has 1 aromatic rings. The zero-order valence-electron chi connectivity index (χ0n) is 13.8. The third kappa shape index (κ3) is 4.72. The molecule has 0 bridgehead atoms. The molecule has 0 aromatic heterocycles. The van der Waals surface area contributed by atoms with E-state index in [-0.39, 0.29) is 6.10 Å². The van der Waals surface area contributed by atoms with Crippen LogP contribution in [0.5, 0.6) is 5.75 Å². The Kier molecular flexibility index (Phi) is 6.07. The molecule has 0 radical (unpaired) electrons. The first kappa shape index (κ1) is 16.3. The molecule has 3 heteroatoms. The molecule has 0 aliphatic heterocycles. The first-order chi connectivity index (χ1) is 10.1. The normalized spacial score (nSPS) is 16.7. The molecule has 118 valence electrons. The Labute approximate surface area is 129 Å². The summed E-state index contributed by atoms with van der Waals surface area (Å²) in [7, 11) is 2.25. The number of hydrogen-bond donors (Lipinski definition) is 1. The van der Waals surface area contributed by atoms with Crippen LogP contribution in [0.2, 0.25) is 0 Å². The summed E-state index contributed by atoms with van der Waals surface area (Å²) in [6.07, 6.45) is 7.02. The summed E-state index contributed by atoms with van der Waals surface area (Å²) in [5.41, 5.74) is 8.21. The van der Waals surface area contributed by atoms with Crippen molar-refractivity contribution in [1.29, 1.82) is 0 Å². The SMILES string of the molecule is CC(C)Oc1cc(CN(C)C2CCCCC2)ccc1CN. The standard InChI is InChI=1S/C18H30N2O/c1-14(2)21-18-11-15(9-10-16(18)12-19)13-20(3)17-7-5-4-6-8-17/h9-11,14,17H,4-8,12-13,19H2,1-3H3. The zero-order valence-corrected chi connectivity index (χ0v) is 13.8. The van der Waals surface area contributed by atoms with Crippen molar-refractivity contribution in [3.8, 4) is 5.75 Å². The van der Waals surface area contributed by atoms with Crippen molar-refractivity contribution in [2.24, 2.45) is 5.73 Å². The number of ether oxygens (including phenoxy) is 1. The van der Waals surface area contributed by atoms with Crippen molar-refractivity contribution in [2.75, 3.05) is 7.05 Å².